The summed E-state index contributed by atoms with van der Waals surface area (Å²) in [5.41, 5.74) is 8.13. The van der Waals surface area contributed by atoms with Gasteiger partial charge in [0.1, 0.15) is 5.82 Å². The SMILES string of the molecule is Nc1noc(-c2cc(Br)cc(Br)c2)c1-c1ccc(F)cc1. The molecule has 2 N–H and O–H groups in total. The second-order valence-corrected chi connectivity index (χ2v) is 6.27. The predicted octanol–water partition coefficient (Wildman–Crippen LogP) is 5.25. The summed E-state index contributed by atoms with van der Waals surface area (Å²) in [7, 11) is 0. The highest BCUT2D eigenvalue weighted by molar-refractivity contribution is 9.11. The van der Waals surface area contributed by atoms with Crippen LogP contribution in [0.25, 0.3) is 22.5 Å². The summed E-state index contributed by atoms with van der Waals surface area (Å²) in [6.07, 6.45) is 0. The molecule has 2 aromatic carbocycles. The molecule has 106 valence electrons. The summed E-state index contributed by atoms with van der Waals surface area (Å²) in [4.78, 5) is 0. The van der Waals surface area contributed by atoms with Crippen LogP contribution in [-0.2, 0) is 0 Å². The fourth-order valence-electron chi connectivity index (χ4n) is 2.08. The van der Waals surface area contributed by atoms with Gasteiger partial charge in [-0.15, -0.1) is 0 Å². The Morgan fingerprint density at radius 1 is 0.952 bits per heavy atom. The number of hydrogen-bond donors (Lipinski definition) is 1. The zero-order valence-electron chi connectivity index (χ0n) is 10.6. The van der Waals surface area contributed by atoms with Crippen LogP contribution >= 0.6 is 31.9 Å². The molecule has 0 amide bonds. The van der Waals surface area contributed by atoms with Gasteiger partial charge in [-0.2, -0.15) is 0 Å². The van der Waals surface area contributed by atoms with Crippen LogP contribution < -0.4 is 5.73 Å². The molecular formula is C15H9Br2FN2O. The number of halogens is 3. The molecule has 1 aromatic heterocycles. The average Bonchev–Trinajstić information content (AvgIpc) is 2.80. The van der Waals surface area contributed by atoms with Crippen LogP contribution in [0.15, 0.2) is 55.9 Å². The van der Waals surface area contributed by atoms with Gasteiger partial charge < -0.3 is 10.3 Å². The molecule has 3 rings (SSSR count). The maximum Gasteiger partial charge on any atom is 0.176 e. The minimum Gasteiger partial charge on any atom is -0.380 e. The number of benzene rings is 2. The molecule has 3 nitrogen and oxygen atoms in total. The highest BCUT2D eigenvalue weighted by Crippen LogP contribution is 2.38. The zero-order valence-corrected chi connectivity index (χ0v) is 13.8. The molecule has 0 atom stereocenters. The molecule has 1 heterocycles. The van der Waals surface area contributed by atoms with Crippen molar-refractivity contribution < 1.29 is 8.91 Å². The minimum absolute atomic E-state index is 0.271. The number of nitrogens with two attached hydrogens (primary N) is 1. The van der Waals surface area contributed by atoms with Crippen LogP contribution in [-0.4, -0.2) is 5.16 Å². The third-order valence-corrected chi connectivity index (χ3v) is 3.89. The summed E-state index contributed by atoms with van der Waals surface area (Å²) in [5, 5.41) is 3.83. The molecule has 0 saturated heterocycles. The van der Waals surface area contributed by atoms with Gasteiger partial charge in [-0.05, 0) is 35.9 Å². The van der Waals surface area contributed by atoms with E-state index >= 15 is 0 Å². The number of hydrogen-bond acceptors (Lipinski definition) is 3. The standard InChI is InChI=1S/C15H9Br2FN2O/c16-10-5-9(6-11(17)7-10)14-13(15(19)20-21-14)8-1-3-12(18)4-2-8/h1-7H,(H2,19,20). The first-order valence-electron chi connectivity index (χ1n) is 6.02. The van der Waals surface area contributed by atoms with Crippen molar-refractivity contribution in [2.24, 2.45) is 0 Å². The summed E-state index contributed by atoms with van der Waals surface area (Å²) in [6.45, 7) is 0. The number of rotatable bonds is 2. The van der Waals surface area contributed by atoms with Gasteiger partial charge in [0.05, 0.1) is 5.56 Å². The fraction of sp³-hybridized carbons (Fsp3) is 0. The van der Waals surface area contributed by atoms with Gasteiger partial charge in [-0.1, -0.05) is 49.1 Å². The average molecular weight is 412 g/mol. The van der Waals surface area contributed by atoms with Crippen molar-refractivity contribution >= 4 is 37.7 Å². The Hall–Kier alpha value is -1.66. The molecule has 0 saturated carbocycles. The topological polar surface area (TPSA) is 52.0 Å². The molecule has 21 heavy (non-hydrogen) atoms. The zero-order chi connectivity index (χ0) is 15.0. The molecule has 3 aromatic rings. The monoisotopic (exact) mass is 410 g/mol. The van der Waals surface area contributed by atoms with Crippen molar-refractivity contribution in [3.8, 4) is 22.5 Å². The van der Waals surface area contributed by atoms with Crippen molar-refractivity contribution in [1.29, 1.82) is 0 Å². The molecule has 0 spiro atoms. The van der Waals surface area contributed by atoms with Gasteiger partial charge in [0, 0.05) is 14.5 Å². The van der Waals surface area contributed by atoms with Crippen molar-refractivity contribution in [2.45, 2.75) is 0 Å². The van der Waals surface area contributed by atoms with Crippen molar-refractivity contribution in [1.82, 2.24) is 5.16 Å². The molecule has 0 unspecified atom stereocenters. The smallest absolute Gasteiger partial charge is 0.176 e. The molecular weight excluding hydrogens is 403 g/mol. The summed E-state index contributed by atoms with van der Waals surface area (Å²) < 4.78 is 20.2. The lowest BCUT2D eigenvalue weighted by atomic mass is 10.0. The van der Waals surface area contributed by atoms with Gasteiger partial charge >= 0.3 is 0 Å². The summed E-state index contributed by atoms with van der Waals surface area (Å²) in [6, 6.07) is 11.8. The predicted molar refractivity (Wildman–Crippen MR) is 87.1 cm³/mol. The van der Waals surface area contributed by atoms with E-state index in [0.29, 0.717) is 11.3 Å². The third kappa shape index (κ3) is 2.87. The lowest BCUT2D eigenvalue weighted by Crippen LogP contribution is -1.89. The lowest BCUT2D eigenvalue weighted by molar-refractivity contribution is 0.436. The first kappa shape index (κ1) is 14.3. The first-order valence-corrected chi connectivity index (χ1v) is 7.61. The Labute approximate surface area is 137 Å². The Morgan fingerprint density at radius 3 is 2.19 bits per heavy atom. The summed E-state index contributed by atoms with van der Waals surface area (Å²) in [5.74, 6) is 0.509. The molecule has 0 aliphatic rings. The van der Waals surface area contributed by atoms with Gasteiger partial charge in [-0.25, -0.2) is 4.39 Å². The fourth-order valence-corrected chi connectivity index (χ4v) is 3.37. The Morgan fingerprint density at radius 2 is 1.57 bits per heavy atom. The van der Waals surface area contributed by atoms with E-state index in [1.165, 1.54) is 12.1 Å². The summed E-state index contributed by atoms with van der Waals surface area (Å²) >= 11 is 6.87. The van der Waals surface area contributed by atoms with Crippen LogP contribution in [0.3, 0.4) is 0 Å². The van der Waals surface area contributed by atoms with E-state index in [1.54, 1.807) is 12.1 Å². The molecule has 0 radical (unpaired) electrons. The van der Waals surface area contributed by atoms with Crippen LogP contribution in [0.1, 0.15) is 0 Å². The van der Waals surface area contributed by atoms with E-state index in [4.69, 9.17) is 10.3 Å². The van der Waals surface area contributed by atoms with Crippen LogP contribution in [0.2, 0.25) is 0 Å². The molecule has 0 aliphatic carbocycles. The van der Waals surface area contributed by atoms with Gasteiger partial charge in [0.25, 0.3) is 0 Å². The molecule has 0 fully saturated rings. The Balaban J connectivity index is 2.19. The van der Waals surface area contributed by atoms with Gasteiger partial charge in [-0.3, -0.25) is 0 Å². The van der Waals surface area contributed by atoms with Crippen LogP contribution in [0.4, 0.5) is 10.2 Å². The lowest BCUT2D eigenvalue weighted by Gasteiger charge is -2.04. The van der Waals surface area contributed by atoms with Crippen molar-refractivity contribution in [3.05, 3.63) is 57.2 Å². The largest absolute Gasteiger partial charge is 0.380 e. The second kappa shape index (κ2) is 5.61. The van der Waals surface area contributed by atoms with Crippen molar-refractivity contribution in [2.75, 3.05) is 5.73 Å². The van der Waals surface area contributed by atoms with Crippen molar-refractivity contribution in [3.63, 3.8) is 0 Å². The highest BCUT2D eigenvalue weighted by atomic mass is 79.9. The molecule has 0 bridgehead atoms. The van der Waals surface area contributed by atoms with E-state index in [0.717, 1.165) is 20.1 Å². The van der Waals surface area contributed by atoms with E-state index in [-0.39, 0.29) is 11.6 Å². The first-order chi connectivity index (χ1) is 10.0. The number of nitrogen functional groups attached to an aromatic ring is 1. The quantitative estimate of drug-likeness (QED) is 0.626. The Kier molecular flexibility index (Phi) is 3.82. The van der Waals surface area contributed by atoms with E-state index in [2.05, 4.69) is 37.0 Å². The van der Waals surface area contributed by atoms with Gasteiger partial charge in [0.2, 0.25) is 0 Å². The molecule has 6 heteroatoms. The maximum atomic E-state index is 13.1. The highest BCUT2D eigenvalue weighted by Gasteiger charge is 2.18. The number of aromatic nitrogens is 1. The number of anilines is 1. The minimum atomic E-state index is -0.305. The third-order valence-electron chi connectivity index (χ3n) is 2.98. The molecule has 0 aliphatic heterocycles. The van der Waals surface area contributed by atoms with Crippen LogP contribution in [0, 0.1) is 5.82 Å². The normalized spacial score (nSPS) is 10.8. The van der Waals surface area contributed by atoms with E-state index < -0.39 is 0 Å². The number of nitrogens with zero attached hydrogens (tertiary/aromatic N) is 1. The van der Waals surface area contributed by atoms with Gasteiger partial charge in [0.15, 0.2) is 11.6 Å². The second-order valence-electron chi connectivity index (χ2n) is 4.44. The Bertz CT molecular complexity index is 780. The van der Waals surface area contributed by atoms with Crippen LogP contribution in [0.5, 0.6) is 0 Å². The van der Waals surface area contributed by atoms with E-state index in [9.17, 15) is 4.39 Å². The van der Waals surface area contributed by atoms with E-state index in [1.807, 2.05) is 18.2 Å². The maximum absolute atomic E-state index is 13.1.